The van der Waals surface area contributed by atoms with E-state index in [4.69, 9.17) is 16.5 Å². The lowest BCUT2D eigenvalue weighted by Gasteiger charge is -2.20. The van der Waals surface area contributed by atoms with Gasteiger partial charge < -0.3 is 16.5 Å². The van der Waals surface area contributed by atoms with Crippen LogP contribution in [-0.4, -0.2) is 39.3 Å². The average Bonchev–Trinajstić information content (AvgIpc) is 2.15. The largest absolute Gasteiger partial charge is 0.425 e. The molecule has 0 bridgehead atoms. The van der Waals surface area contributed by atoms with Gasteiger partial charge in [0.1, 0.15) is 0 Å². The van der Waals surface area contributed by atoms with Crippen LogP contribution >= 0.6 is 0 Å². The van der Waals surface area contributed by atoms with Gasteiger partial charge >= 0.3 is 9.28 Å². The molecule has 1 saturated heterocycles. The quantitative estimate of drug-likeness (QED) is 0.467. The van der Waals surface area contributed by atoms with Gasteiger partial charge in [-0.15, -0.1) is 0 Å². The summed E-state index contributed by atoms with van der Waals surface area (Å²) >= 11 is 0. The Morgan fingerprint density at radius 2 is 1.64 bits per heavy atom. The molecule has 0 aromatic rings. The molecule has 0 aliphatic carbocycles. The zero-order chi connectivity index (χ0) is 10.1. The predicted octanol–water partition coefficient (Wildman–Crippen LogP) is -1.14. The summed E-state index contributed by atoms with van der Waals surface area (Å²) in [5.74, 6) is 0. The molecule has 1 heterocycles. The van der Waals surface area contributed by atoms with E-state index in [2.05, 4.69) is 6.92 Å². The molecule has 4 nitrogen and oxygen atoms in total. The Bertz CT molecular complexity index is 131. The third-order valence-electron chi connectivity index (χ3n) is 2.13. The highest BCUT2D eigenvalue weighted by Gasteiger charge is 2.14. The number of hydrogen-bond acceptors (Lipinski definition) is 4. The van der Waals surface area contributed by atoms with Crippen molar-refractivity contribution in [3.8, 4) is 0 Å². The number of rotatable bonds is 5. The first-order valence-electron chi connectivity index (χ1n) is 5.32. The van der Waals surface area contributed by atoms with Crippen LogP contribution < -0.4 is 0 Å². The van der Waals surface area contributed by atoms with Gasteiger partial charge in [0, 0.05) is 0 Å². The van der Waals surface area contributed by atoms with Gasteiger partial charge in [-0.3, -0.25) is 0 Å². The molecule has 1 aliphatic rings. The fourth-order valence-electron chi connectivity index (χ4n) is 1.33. The molecule has 1 fully saturated rings. The molecule has 1 rings (SSSR count). The Morgan fingerprint density at radius 3 is 2.29 bits per heavy atom. The van der Waals surface area contributed by atoms with Gasteiger partial charge in [0.15, 0.2) is 0 Å². The van der Waals surface area contributed by atoms with Gasteiger partial charge in [-0.25, -0.2) is 0 Å². The summed E-state index contributed by atoms with van der Waals surface area (Å²) in [5, 5.41) is 0. The standard InChI is InChI=1S/C6H20O4Si4/c1-2-3-4-5-6-14-9-12-7-11-8-13-10-14/h14H,2-6,11-13H2,1H3. The van der Waals surface area contributed by atoms with Crippen molar-refractivity contribution in [1.82, 2.24) is 0 Å². The van der Waals surface area contributed by atoms with E-state index in [1.807, 2.05) is 0 Å². The summed E-state index contributed by atoms with van der Waals surface area (Å²) in [7, 11) is -3.53. The van der Waals surface area contributed by atoms with E-state index >= 15 is 0 Å². The van der Waals surface area contributed by atoms with Crippen LogP contribution in [0.4, 0.5) is 0 Å². The van der Waals surface area contributed by atoms with Crippen LogP contribution in [0.5, 0.6) is 0 Å². The van der Waals surface area contributed by atoms with Crippen molar-refractivity contribution in [3.05, 3.63) is 0 Å². The Hall–Kier alpha value is 0.708. The highest BCUT2D eigenvalue weighted by atomic mass is 28.4. The summed E-state index contributed by atoms with van der Waals surface area (Å²) in [6.45, 7) is 2.23. The summed E-state index contributed by atoms with van der Waals surface area (Å²) in [6, 6.07) is 1.15. The van der Waals surface area contributed by atoms with Crippen molar-refractivity contribution < 1.29 is 16.5 Å². The van der Waals surface area contributed by atoms with E-state index in [0.29, 0.717) is 0 Å². The van der Waals surface area contributed by atoms with Gasteiger partial charge in [-0.2, -0.15) is 0 Å². The van der Waals surface area contributed by atoms with Crippen molar-refractivity contribution in [2.75, 3.05) is 0 Å². The molecule has 0 spiro atoms. The average molecular weight is 269 g/mol. The minimum absolute atomic E-state index is 0.703. The highest BCUT2D eigenvalue weighted by Crippen LogP contribution is 2.08. The maximum absolute atomic E-state index is 5.69. The van der Waals surface area contributed by atoms with E-state index in [9.17, 15) is 0 Å². The maximum Gasteiger partial charge on any atom is 0.303 e. The Morgan fingerprint density at radius 1 is 0.929 bits per heavy atom. The van der Waals surface area contributed by atoms with Crippen LogP contribution in [0.1, 0.15) is 32.6 Å². The molecule has 0 unspecified atom stereocenters. The minimum atomic E-state index is -1.35. The lowest BCUT2D eigenvalue weighted by atomic mass is 10.2. The first-order valence-corrected chi connectivity index (χ1v) is 10.5. The van der Waals surface area contributed by atoms with Gasteiger partial charge in [-0.1, -0.05) is 32.6 Å². The number of unbranched alkanes of at least 4 members (excludes halogenated alkanes) is 3. The van der Waals surface area contributed by atoms with E-state index in [-0.39, 0.29) is 0 Å². The molecule has 1 aliphatic heterocycles. The zero-order valence-corrected chi connectivity index (χ0v) is 14.3. The van der Waals surface area contributed by atoms with Crippen molar-refractivity contribution in [3.63, 3.8) is 0 Å². The molecule has 0 aromatic carbocycles. The van der Waals surface area contributed by atoms with Crippen LogP contribution in [0.3, 0.4) is 0 Å². The van der Waals surface area contributed by atoms with E-state index in [1.165, 1.54) is 25.7 Å². The Balaban J connectivity index is 2.02. The van der Waals surface area contributed by atoms with Crippen LogP contribution in [0, 0.1) is 0 Å². The lowest BCUT2D eigenvalue weighted by molar-refractivity contribution is 0.327. The molecule has 8 heteroatoms. The molecule has 0 N–H and O–H groups in total. The van der Waals surface area contributed by atoms with E-state index in [0.717, 1.165) is 6.04 Å². The molecular formula is C6H20O4Si4. The highest BCUT2D eigenvalue weighted by molar-refractivity contribution is 6.59. The minimum Gasteiger partial charge on any atom is -0.425 e. The third-order valence-corrected chi connectivity index (χ3v) is 9.74. The van der Waals surface area contributed by atoms with E-state index in [1.54, 1.807) is 0 Å². The van der Waals surface area contributed by atoms with Gasteiger partial charge in [0.05, 0.1) is 0 Å². The Kier molecular flexibility index (Phi) is 8.19. The van der Waals surface area contributed by atoms with Crippen LogP contribution in [0.25, 0.3) is 0 Å². The molecular weight excluding hydrogens is 248 g/mol. The topological polar surface area (TPSA) is 36.9 Å². The first kappa shape index (κ1) is 12.8. The molecule has 0 radical (unpaired) electrons. The van der Waals surface area contributed by atoms with Crippen molar-refractivity contribution in [2.45, 2.75) is 38.7 Å². The second-order valence-corrected chi connectivity index (χ2v) is 11.5. The summed E-state index contributed by atoms with van der Waals surface area (Å²) in [5.41, 5.74) is 0. The monoisotopic (exact) mass is 268 g/mol. The molecule has 0 saturated carbocycles. The third kappa shape index (κ3) is 6.24. The van der Waals surface area contributed by atoms with E-state index < -0.39 is 39.3 Å². The molecule has 84 valence electrons. The molecule has 14 heavy (non-hydrogen) atoms. The van der Waals surface area contributed by atoms with Crippen LogP contribution in [-0.2, 0) is 16.5 Å². The maximum atomic E-state index is 5.69. The molecule has 0 amide bonds. The summed E-state index contributed by atoms with van der Waals surface area (Å²) in [6.07, 6.45) is 5.18. The Labute approximate surface area is 94.7 Å². The number of hydrogen-bond donors (Lipinski definition) is 0. The predicted molar refractivity (Wildman–Crippen MR) is 66.1 cm³/mol. The summed E-state index contributed by atoms with van der Waals surface area (Å²) in [4.78, 5) is 0. The SMILES string of the molecule is CCCCCC[SiH]1O[SiH2]O[SiH2]O[SiH2]O1. The molecule has 0 atom stereocenters. The van der Waals surface area contributed by atoms with Gasteiger partial charge in [0.2, 0.25) is 0 Å². The second kappa shape index (κ2) is 8.97. The van der Waals surface area contributed by atoms with Crippen molar-refractivity contribution in [2.24, 2.45) is 0 Å². The van der Waals surface area contributed by atoms with Crippen molar-refractivity contribution >= 4 is 39.3 Å². The summed E-state index contributed by atoms with van der Waals surface area (Å²) < 4.78 is 22.1. The smallest absolute Gasteiger partial charge is 0.303 e. The first-order chi connectivity index (χ1) is 6.93. The van der Waals surface area contributed by atoms with Crippen LogP contribution in [0.15, 0.2) is 0 Å². The fraction of sp³-hybridized carbons (Fsp3) is 1.00. The van der Waals surface area contributed by atoms with Gasteiger partial charge in [0.25, 0.3) is 30.0 Å². The van der Waals surface area contributed by atoms with Crippen LogP contribution in [0.2, 0.25) is 6.04 Å². The lowest BCUT2D eigenvalue weighted by Crippen LogP contribution is -2.33. The molecule has 0 aromatic heterocycles. The second-order valence-electron chi connectivity index (χ2n) is 3.37. The zero-order valence-electron chi connectivity index (χ0n) is 8.87. The van der Waals surface area contributed by atoms with Gasteiger partial charge in [-0.05, 0) is 6.04 Å². The normalized spacial score (nSPS) is 29.4. The fourth-order valence-corrected chi connectivity index (χ4v) is 10.3. The van der Waals surface area contributed by atoms with Crippen molar-refractivity contribution in [1.29, 1.82) is 0 Å².